The molecule has 4 nitrogen and oxygen atoms in total. The number of hydrogen-bond acceptors (Lipinski definition) is 4. The second kappa shape index (κ2) is 6.01. The highest BCUT2D eigenvalue weighted by Gasteiger charge is 2.28. The van der Waals surface area contributed by atoms with Crippen molar-refractivity contribution < 1.29 is 13.2 Å². The summed E-state index contributed by atoms with van der Waals surface area (Å²) in [6.45, 7) is 5.46. The Morgan fingerprint density at radius 2 is 1.95 bits per heavy atom. The fourth-order valence-electron chi connectivity index (χ4n) is 1.41. The minimum atomic E-state index is -3.11. The normalized spacial score (nSPS) is 12.3. The summed E-state index contributed by atoms with van der Waals surface area (Å²) >= 11 is 5.91. The van der Waals surface area contributed by atoms with Gasteiger partial charge in [-0.15, -0.1) is 0 Å². The van der Waals surface area contributed by atoms with E-state index in [9.17, 15) is 8.42 Å². The molecule has 108 valence electrons. The Kier molecular flexibility index (Phi) is 5.10. The van der Waals surface area contributed by atoms with Gasteiger partial charge >= 0.3 is 0 Å². The number of benzene rings is 1. The molecule has 0 bridgehead atoms. The molecule has 1 N–H and O–H groups in total. The summed E-state index contributed by atoms with van der Waals surface area (Å²) in [7, 11) is -1.57. The quantitative estimate of drug-likeness (QED) is 0.908. The number of halogens is 1. The first kappa shape index (κ1) is 16.1. The third-order valence-corrected chi connectivity index (χ3v) is 5.70. The highest BCUT2D eigenvalue weighted by molar-refractivity contribution is 7.92. The Balaban J connectivity index is 2.64. The lowest BCUT2D eigenvalue weighted by Crippen LogP contribution is -2.32. The highest BCUT2D eigenvalue weighted by Crippen LogP contribution is 2.27. The van der Waals surface area contributed by atoms with Gasteiger partial charge in [0.25, 0.3) is 0 Å². The van der Waals surface area contributed by atoms with E-state index < -0.39 is 14.6 Å². The third-order valence-electron chi connectivity index (χ3n) is 2.78. The minimum absolute atomic E-state index is 0.0848. The summed E-state index contributed by atoms with van der Waals surface area (Å²) < 4.78 is 28.2. The third kappa shape index (κ3) is 4.28. The van der Waals surface area contributed by atoms with Gasteiger partial charge < -0.3 is 10.1 Å². The molecule has 1 rings (SSSR count). The first-order valence-electron chi connectivity index (χ1n) is 5.97. The fourth-order valence-corrected chi connectivity index (χ4v) is 2.58. The van der Waals surface area contributed by atoms with Gasteiger partial charge in [-0.05, 0) is 32.9 Å². The monoisotopic (exact) mass is 305 g/mol. The molecule has 0 heterocycles. The molecule has 0 spiro atoms. The van der Waals surface area contributed by atoms with E-state index in [4.69, 9.17) is 16.3 Å². The molecular formula is C13H20ClNO3S. The molecule has 0 saturated heterocycles. The second-order valence-electron chi connectivity index (χ2n) is 5.21. The maximum absolute atomic E-state index is 11.9. The molecular weight excluding hydrogens is 286 g/mol. The van der Waals surface area contributed by atoms with Gasteiger partial charge in [0.15, 0.2) is 9.84 Å². The van der Waals surface area contributed by atoms with Crippen molar-refractivity contribution in [3.05, 3.63) is 23.2 Å². The molecule has 1 aromatic carbocycles. The topological polar surface area (TPSA) is 55.4 Å². The zero-order valence-corrected chi connectivity index (χ0v) is 13.2. The maximum atomic E-state index is 11.9. The average molecular weight is 306 g/mol. The van der Waals surface area contributed by atoms with Gasteiger partial charge in [0.2, 0.25) is 0 Å². The molecule has 0 aliphatic heterocycles. The lowest BCUT2D eigenvalue weighted by atomic mass is 10.3. The van der Waals surface area contributed by atoms with Gasteiger partial charge in [0.05, 0.1) is 22.6 Å². The van der Waals surface area contributed by atoms with Crippen molar-refractivity contribution in [3.8, 4) is 5.75 Å². The smallest absolute Gasteiger partial charge is 0.156 e. The van der Waals surface area contributed by atoms with Crippen LogP contribution >= 0.6 is 11.6 Å². The van der Waals surface area contributed by atoms with Gasteiger partial charge in [-0.3, -0.25) is 0 Å². The molecule has 0 unspecified atom stereocenters. The predicted octanol–water partition coefficient (Wildman–Crippen LogP) is 2.97. The number of nitrogens with one attached hydrogen (secondary N) is 1. The van der Waals surface area contributed by atoms with Crippen LogP contribution in [-0.2, 0) is 9.84 Å². The van der Waals surface area contributed by atoms with Crippen LogP contribution in [0, 0.1) is 0 Å². The van der Waals surface area contributed by atoms with Gasteiger partial charge in [-0.2, -0.15) is 0 Å². The average Bonchev–Trinajstić information content (AvgIpc) is 2.29. The van der Waals surface area contributed by atoms with Crippen LogP contribution in [-0.4, -0.2) is 32.6 Å². The standard InChI is InChI=1S/C13H20ClNO3S/c1-13(2,3)19(16,17)8-7-15-10-5-6-11(14)12(9-10)18-4/h5-6,9,15H,7-8H2,1-4H3. The Labute approximate surface area is 120 Å². The molecule has 0 aliphatic rings. The van der Waals surface area contributed by atoms with Crippen molar-refractivity contribution in [2.75, 3.05) is 24.7 Å². The van der Waals surface area contributed by atoms with Crippen LogP contribution in [0.5, 0.6) is 5.75 Å². The van der Waals surface area contributed by atoms with Crippen molar-refractivity contribution in [2.24, 2.45) is 0 Å². The van der Waals surface area contributed by atoms with E-state index in [0.717, 1.165) is 5.69 Å². The van der Waals surface area contributed by atoms with Crippen molar-refractivity contribution in [1.29, 1.82) is 0 Å². The van der Waals surface area contributed by atoms with E-state index >= 15 is 0 Å². The Morgan fingerprint density at radius 3 is 2.47 bits per heavy atom. The van der Waals surface area contributed by atoms with Crippen molar-refractivity contribution in [1.82, 2.24) is 0 Å². The van der Waals surface area contributed by atoms with Crippen LogP contribution in [0.15, 0.2) is 18.2 Å². The zero-order valence-electron chi connectivity index (χ0n) is 11.7. The Hall–Kier alpha value is -0.940. The molecule has 0 atom stereocenters. The summed E-state index contributed by atoms with van der Waals surface area (Å²) in [5.41, 5.74) is 0.783. The molecule has 1 aromatic rings. The van der Waals surface area contributed by atoms with Crippen LogP contribution in [0.4, 0.5) is 5.69 Å². The van der Waals surface area contributed by atoms with Gasteiger partial charge in [0.1, 0.15) is 5.75 Å². The van der Waals surface area contributed by atoms with E-state index in [-0.39, 0.29) is 5.75 Å². The molecule has 0 saturated carbocycles. The van der Waals surface area contributed by atoms with E-state index in [1.807, 2.05) is 0 Å². The molecule has 0 radical (unpaired) electrons. The minimum Gasteiger partial charge on any atom is -0.495 e. The highest BCUT2D eigenvalue weighted by atomic mass is 35.5. The van der Waals surface area contributed by atoms with Crippen molar-refractivity contribution >= 4 is 27.1 Å². The summed E-state index contributed by atoms with van der Waals surface area (Å²) in [6, 6.07) is 5.24. The van der Waals surface area contributed by atoms with E-state index in [1.54, 1.807) is 39.0 Å². The van der Waals surface area contributed by atoms with Crippen molar-refractivity contribution in [2.45, 2.75) is 25.5 Å². The molecule has 0 aliphatic carbocycles. The van der Waals surface area contributed by atoms with Crippen LogP contribution < -0.4 is 10.1 Å². The van der Waals surface area contributed by atoms with Crippen LogP contribution in [0.1, 0.15) is 20.8 Å². The van der Waals surface area contributed by atoms with E-state index in [0.29, 0.717) is 17.3 Å². The maximum Gasteiger partial charge on any atom is 0.156 e. The molecule has 19 heavy (non-hydrogen) atoms. The van der Waals surface area contributed by atoms with E-state index in [1.165, 1.54) is 7.11 Å². The number of sulfone groups is 1. The van der Waals surface area contributed by atoms with E-state index in [2.05, 4.69) is 5.32 Å². The second-order valence-corrected chi connectivity index (χ2v) is 8.48. The summed E-state index contributed by atoms with van der Waals surface area (Å²) in [4.78, 5) is 0. The molecule has 0 amide bonds. The number of hydrogen-bond donors (Lipinski definition) is 1. The number of anilines is 1. The van der Waals surface area contributed by atoms with Crippen LogP contribution in [0.3, 0.4) is 0 Å². The predicted molar refractivity (Wildman–Crippen MR) is 80.0 cm³/mol. The number of rotatable bonds is 5. The fraction of sp³-hybridized carbons (Fsp3) is 0.538. The largest absolute Gasteiger partial charge is 0.495 e. The van der Waals surface area contributed by atoms with Crippen molar-refractivity contribution in [3.63, 3.8) is 0 Å². The number of ether oxygens (including phenoxy) is 1. The first-order valence-corrected chi connectivity index (χ1v) is 8.00. The van der Waals surface area contributed by atoms with Gasteiger partial charge in [0, 0.05) is 18.3 Å². The zero-order chi connectivity index (χ0) is 14.7. The number of methoxy groups -OCH3 is 1. The molecule has 6 heteroatoms. The molecule has 0 fully saturated rings. The molecule has 0 aromatic heterocycles. The van der Waals surface area contributed by atoms with Gasteiger partial charge in [-0.25, -0.2) is 8.42 Å². The Bertz CT molecular complexity index is 535. The van der Waals surface area contributed by atoms with Gasteiger partial charge in [-0.1, -0.05) is 11.6 Å². The summed E-state index contributed by atoms with van der Waals surface area (Å²) in [5, 5.41) is 3.58. The SMILES string of the molecule is COc1cc(NCCS(=O)(=O)C(C)(C)C)ccc1Cl. The Morgan fingerprint density at radius 1 is 1.32 bits per heavy atom. The lowest BCUT2D eigenvalue weighted by Gasteiger charge is -2.19. The van der Waals surface area contributed by atoms with Crippen LogP contribution in [0.2, 0.25) is 5.02 Å². The summed E-state index contributed by atoms with van der Waals surface area (Å²) in [5.74, 6) is 0.645. The lowest BCUT2D eigenvalue weighted by molar-refractivity contribution is 0.415. The van der Waals surface area contributed by atoms with Crippen LogP contribution in [0.25, 0.3) is 0 Å². The first-order chi connectivity index (χ1) is 8.67. The summed E-state index contributed by atoms with van der Waals surface area (Å²) in [6.07, 6.45) is 0.